The van der Waals surface area contributed by atoms with Gasteiger partial charge in [0.2, 0.25) is 5.91 Å². The van der Waals surface area contributed by atoms with E-state index in [1.54, 1.807) is 0 Å². The highest BCUT2D eigenvalue weighted by Crippen LogP contribution is 2.38. The minimum absolute atomic E-state index is 0.0814. The summed E-state index contributed by atoms with van der Waals surface area (Å²) in [5, 5.41) is 12.1. The van der Waals surface area contributed by atoms with Crippen LogP contribution in [0.25, 0.3) is 0 Å². The topological polar surface area (TPSA) is 69.6 Å². The van der Waals surface area contributed by atoms with E-state index in [9.17, 15) is 14.7 Å². The summed E-state index contributed by atoms with van der Waals surface area (Å²) < 4.78 is 0. The molecule has 3 unspecified atom stereocenters. The first-order chi connectivity index (χ1) is 8.95. The standard InChI is InChI=1S/C14H26N2O3/c1-4-10-8-11(12(9-10)14(18)19)13(17)15-6-5-7-16(2)3/h10-12H,4-9H2,1-3H3,(H,15,17)(H,18,19). The molecule has 19 heavy (non-hydrogen) atoms. The zero-order valence-electron chi connectivity index (χ0n) is 12.2. The van der Waals surface area contributed by atoms with Crippen molar-refractivity contribution in [1.82, 2.24) is 10.2 Å². The lowest BCUT2D eigenvalue weighted by Crippen LogP contribution is -2.36. The van der Waals surface area contributed by atoms with Crippen LogP contribution < -0.4 is 5.32 Å². The van der Waals surface area contributed by atoms with Crippen LogP contribution in [-0.4, -0.2) is 49.1 Å². The van der Waals surface area contributed by atoms with Gasteiger partial charge in [-0.05, 0) is 45.8 Å². The maximum atomic E-state index is 12.1. The van der Waals surface area contributed by atoms with Crippen molar-refractivity contribution >= 4 is 11.9 Å². The summed E-state index contributed by atoms with van der Waals surface area (Å²) in [5.41, 5.74) is 0. The maximum Gasteiger partial charge on any atom is 0.307 e. The molecule has 1 fully saturated rings. The molecule has 0 aromatic heterocycles. The third-order valence-corrected chi connectivity index (χ3v) is 3.97. The molecule has 0 saturated heterocycles. The number of rotatable bonds is 7. The molecule has 0 spiro atoms. The summed E-state index contributed by atoms with van der Waals surface area (Å²) >= 11 is 0. The van der Waals surface area contributed by atoms with Gasteiger partial charge in [-0.25, -0.2) is 0 Å². The highest BCUT2D eigenvalue weighted by atomic mass is 16.4. The van der Waals surface area contributed by atoms with E-state index in [-0.39, 0.29) is 11.8 Å². The Balaban J connectivity index is 2.43. The van der Waals surface area contributed by atoms with Crippen molar-refractivity contribution in [2.45, 2.75) is 32.6 Å². The Morgan fingerprint density at radius 2 is 1.89 bits per heavy atom. The van der Waals surface area contributed by atoms with E-state index in [1.807, 2.05) is 14.1 Å². The monoisotopic (exact) mass is 270 g/mol. The second-order valence-electron chi connectivity index (χ2n) is 5.74. The third kappa shape index (κ3) is 4.82. The maximum absolute atomic E-state index is 12.1. The second kappa shape index (κ2) is 7.48. The molecule has 110 valence electrons. The van der Waals surface area contributed by atoms with Gasteiger partial charge in [-0.1, -0.05) is 13.3 Å². The van der Waals surface area contributed by atoms with E-state index in [4.69, 9.17) is 0 Å². The number of carbonyl (C=O) groups is 2. The molecule has 1 aliphatic rings. The predicted octanol–water partition coefficient (Wildman–Crippen LogP) is 1.19. The number of carbonyl (C=O) groups excluding carboxylic acids is 1. The van der Waals surface area contributed by atoms with Crippen LogP contribution in [0.4, 0.5) is 0 Å². The molecular formula is C14H26N2O3. The predicted molar refractivity (Wildman–Crippen MR) is 73.8 cm³/mol. The Labute approximate surface area is 115 Å². The molecule has 1 rings (SSSR count). The Kier molecular flexibility index (Phi) is 6.28. The molecule has 0 bridgehead atoms. The number of nitrogens with one attached hydrogen (secondary N) is 1. The van der Waals surface area contributed by atoms with Crippen LogP contribution >= 0.6 is 0 Å². The highest BCUT2D eigenvalue weighted by molar-refractivity contribution is 5.85. The highest BCUT2D eigenvalue weighted by Gasteiger charge is 2.41. The van der Waals surface area contributed by atoms with Crippen molar-refractivity contribution in [2.75, 3.05) is 27.2 Å². The molecule has 0 aliphatic heterocycles. The van der Waals surface area contributed by atoms with Crippen LogP contribution in [0.5, 0.6) is 0 Å². The van der Waals surface area contributed by atoms with E-state index in [0.29, 0.717) is 25.3 Å². The first kappa shape index (κ1) is 16.0. The van der Waals surface area contributed by atoms with Crippen LogP contribution in [0, 0.1) is 17.8 Å². The molecule has 1 aliphatic carbocycles. The van der Waals surface area contributed by atoms with Crippen molar-refractivity contribution in [3.8, 4) is 0 Å². The second-order valence-corrected chi connectivity index (χ2v) is 5.74. The van der Waals surface area contributed by atoms with Gasteiger partial charge in [-0.15, -0.1) is 0 Å². The molecule has 5 nitrogen and oxygen atoms in total. The molecule has 5 heteroatoms. The minimum atomic E-state index is -0.829. The zero-order chi connectivity index (χ0) is 14.4. The minimum Gasteiger partial charge on any atom is -0.481 e. The van der Waals surface area contributed by atoms with Crippen molar-refractivity contribution in [3.63, 3.8) is 0 Å². The Hall–Kier alpha value is -1.10. The van der Waals surface area contributed by atoms with Crippen molar-refractivity contribution in [3.05, 3.63) is 0 Å². The summed E-state index contributed by atoms with van der Waals surface area (Å²) in [4.78, 5) is 25.4. The lowest BCUT2D eigenvalue weighted by Gasteiger charge is -2.16. The third-order valence-electron chi connectivity index (χ3n) is 3.97. The number of nitrogens with zero attached hydrogens (tertiary/aromatic N) is 1. The van der Waals surface area contributed by atoms with Gasteiger partial charge in [-0.2, -0.15) is 0 Å². The Morgan fingerprint density at radius 3 is 2.42 bits per heavy atom. The first-order valence-electron chi connectivity index (χ1n) is 7.11. The lowest BCUT2D eigenvalue weighted by molar-refractivity contribution is -0.146. The van der Waals surface area contributed by atoms with Gasteiger partial charge >= 0.3 is 5.97 Å². The van der Waals surface area contributed by atoms with Crippen LogP contribution in [0.15, 0.2) is 0 Å². The number of carboxylic acid groups (broad SMARTS) is 1. The summed E-state index contributed by atoms with van der Waals surface area (Å²) in [6.45, 7) is 3.60. The fourth-order valence-corrected chi connectivity index (χ4v) is 2.78. The van der Waals surface area contributed by atoms with Crippen molar-refractivity contribution < 1.29 is 14.7 Å². The first-order valence-corrected chi connectivity index (χ1v) is 7.11. The normalized spacial score (nSPS) is 26.6. The molecule has 0 heterocycles. The average Bonchev–Trinajstić information content (AvgIpc) is 2.78. The molecular weight excluding hydrogens is 244 g/mol. The Morgan fingerprint density at radius 1 is 1.26 bits per heavy atom. The smallest absolute Gasteiger partial charge is 0.307 e. The summed E-state index contributed by atoms with van der Waals surface area (Å²) in [6.07, 6.45) is 3.20. The van der Waals surface area contributed by atoms with E-state index < -0.39 is 11.9 Å². The summed E-state index contributed by atoms with van der Waals surface area (Å²) in [5.74, 6) is -1.38. The largest absolute Gasteiger partial charge is 0.481 e. The molecule has 0 aromatic carbocycles. The number of hydrogen-bond donors (Lipinski definition) is 2. The van der Waals surface area contributed by atoms with Gasteiger partial charge in [0.15, 0.2) is 0 Å². The fraction of sp³-hybridized carbons (Fsp3) is 0.857. The van der Waals surface area contributed by atoms with Gasteiger partial charge in [0.05, 0.1) is 11.8 Å². The quantitative estimate of drug-likeness (QED) is 0.682. The van der Waals surface area contributed by atoms with Crippen molar-refractivity contribution in [1.29, 1.82) is 0 Å². The van der Waals surface area contributed by atoms with Gasteiger partial charge in [-0.3, -0.25) is 9.59 Å². The number of aliphatic carboxylic acids is 1. The van der Waals surface area contributed by atoms with Crippen LogP contribution in [0.2, 0.25) is 0 Å². The molecule has 0 radical (unpaired) electrons. The molecule has 0 aromatic rings. The van der Waals surface area contributed by atoms with Gasteiger partial charge in [0, 0.05) is 6.54 Å². The van der Waals surface area contributed by atoms with Crippen LogP contribution in [0.3, 0.4) is 0 Å². The SMILES string of the molecule is CCC1CC(C(=O)O)C(C(=O)NCCCN(C)C)C1. The van der Waals surface area contributed by atoms with E-state index in [1.165, 1.54) is 0 Å². The summed E-state index contributed by atoms with van der Waals surface area (Å²) in [6, 6.07) is 0. The summed E-state index contributed by atoms with van der Waals surface area (Å²) in [7, 11) is 3.98. The molecule has 1 amide bonds. The average molecular weight is 270 g/mol. The van der Waals surface area contributed by atoms with Gasteiger partial charge < -0.3 is 15.3 Å². The van der Waals surface area contributed by atoms with E-state index >= 15 is 0 Å². The van der Waals surface area contributed by atoms with E-state index in [2.05, 4.69) is 17.1 Å². The fourth-order valence-electron chi connectivity index (χ4n) is 2.78. The van der Waals surface area contributed by atoms with Crippen LogP contribution in [-0.2, 0) is 9.59 Å². The lowest BCUT2D eigenvalue weighted by atomic mass is 9.95. The number of amides is 1. The molecule has 1 saturated carbocycles. The zero-order valence-corrected chi connectivity index (χ0v) is 12.2. The van der Waals surface area contributed by atoms with Crippen LogP contribution in [0.1, 0.15) is 32.6 Å². The van der Waals surface area contributed by atoms with Gasteiger partial charge in [0.25, 0.3) is 0 Å². The molecule has 3 atom stereocenters. The number of hydrogen-bond acceptors (Lipinski definition) is 3. The Bertz CT molecular complexity index is 318. The number of carboxylic acids is 1. The van der Waals surface area contributed by atoms with Crippen molar-refractivity contribution in [2.24, 2.45) is 17.8 Å². The van der Waals surface area contributed by atoms with E-state index in [0.717, 1.165) is 19.4 Å². The van der Waals surface area contributed by atoms with Gasteiger partial charge in [0.1, 0.15) is 0 Å². The molecule has 2 N–H and O–H groups in total.